The number of halogens is 1. The highest BCUT2D eigenvalue weighted by Crippen LogP contribution is 2.30. The van der Waals surface area contributed by atoms with E-state index >= 15 is 0 Å². The van der Waals surface area contributed by atoms with Crippen molar-refractivity contribution in [2.45, 2.75) is 11.9 Å². The number of rotatable bonds is 6. The number of benzene rings is 2. The summed E-state index contributed by atoms with van der Waals surface area (Å²) < 4.78 is 24.2. The van der Waals surface area contributed by atoms with Gasteiger partial charge in [-0.2, -0.15) is 0 Å². The highest BCUT2D eigenvalue weighted by molar-refractivity contribution is 7.99. The van der Waals surface area contributed by atoms with E-state index < -0.39 is 0 Å². The van der Waals surface area contributed by atoms with E-state index in [-0.39, 0.29) is 17.8 Å². The summed E-state index contributed by atoms with van der Waals surface area (Å²) >= 11 is 1.49. The lowest BCUT2D eigenvalue weighted by Gasteiger charge is -2.26. The number of carbonyl (C=O) groups is 1. The molecular weight excluding hydrogens is 329 g/mol. The minimum Gasteiger partial charge on any atom is -0.486 e. The molecule has 3 rings (SSSR count). The Hall–Kier alpha value is -2.21. The quantitative estimate of drug-likeness (QED) is 0.873. The van der Waals surface area contributed by atoms with Crippen molar-refractivity contribution in [3.05, 3.63) is 59.9 Å². The number of ether oxygens (including phenoxy) is 2. The number of fused-ring (bicyclic) bond motifs is 1. The highest BCUT2D eigenvalue weighted by atomic mass is 32.2. The molecule has 0 saturated carbocycles. The number of thioether (sulfide) groups is 1. The molecule has 126 valence electrons. The van der Waals surface area contributed by atoms with E-state index in [1.807, 2.05) is 24.3 Å². The average Bonchev–Trinajstić information content (AvgIpc) is 2.61. The maximum absolute atomic E-state index is 12.8. The molecular formula is C18H18FNO3S. The van der Waals surface area contributed by atoms with Gasteiger partial charge in [-0.3, -0.25) is 4.79 Å². The molecule has 2 aromatic rings. The summed E-state index contributed by atoms with van der Waals surface area (Å²) in [5.41, 5.74) is 0.995. The van der Waals surface area contributed by atoms with Crippen LogP contribution in [-0.2, 0) is 10.5 Å². The maximum atomic E-state index is 12.8. The van der Waals surface area contributed by atoms with Gasteiger partial charge in [0, 0.05) is 5.75 Å². The summed E-state index contributed by atoms with van der Waals surface area (Å²) in [6.07, 6.45) is -0.189. The highest BCUT2D eigenvalue weighted by Gasteiger charge is 2.20. The lowest BCUT2D eigenvalue weighted by molar-refractivity contribution is -0.119. The first kappa shape index (κ1) is 16.6. The van der Waals surface area contributed by atoms with Crippen LogP contribution in [0.2, 0.25) is 0 Å². The Kier molecular flexibility index (Phi) is 5.59. The second-order valence-corrected chi connectivity index (χ2v) is 6.41. The van der Waals surface area contributed by atoms with Crippen LogP contribution in [0, 0.1) is 5.82 Å². The first-order valence-electron chi connectivity index (χ1n) is 7.68. The van der Waals surface area contributed by atoms with Crippen molar-refractivity contribution >= 4 is 17.7 Å². The number of carbonyl (C=O) groups excluding carboxylic acids is 1. The Balaban J connectivity index is 1.36. The van der Waals surface area contributed by atoms with Gasteiger partial charge in [0.25, 0.3) is 0 Å². The molecule has 0 unspecified atom stereocenters. The van der Waals surface area contributed by atoms with E-state index in [0.717, 1.165) is 11.3 Å². The van der Waals surface area contributed by atoms with Gasteiger partial charge in [-0.25, -0.2) is 4.39 Å². The fraction of sp³-hybridized carbons (Fsp3) is 0.278. The molecule has 1 aliphatic rings. The third-order valence-electron chi connectivity index (χ3n) is 3.51. The smallest absolute Gasteiger partial charge is 0.230 e. The van der Waals surface area contributed by atoms with Gasteiger partial charge in [-0.15, -0.1) is 11.8 Å². The van der Waals surface area contributed by atoms with Crippen LogP contribution < -0.4 is 14.8 Å². The van der Waals surface area contributed by atoms with Crippen molar-refractivity contribution in [1.29, 1.82) is 0 Å². The number of hydrogen-bond acceptors (Lipinski definition) is 4. The van der Waals surface area contributed by atoms with Crippen molar-refractivity contribution in [2.75, 3.05) is 18.9 Å². The predicted octanol–water partition coefficient (Wildman–Crippen LogP) is 3.02. The van der Waals surface area contributed by atoms with Crippen LogP contribution in [0.3, 0.4) is 0 Å². The Labute approximate surface area is 144 Å². The third-order valence-corrected chi connectivity index (χ3v) is 4.51. The van der Waals surface area contributed by atoms with Crippen LogP contribution >= 0.6 is 11.8 Å². The van der Waals surface area contributed by atoms with Gasteiger partial charge in [0.1, 0.15) is 18.5 Å². The van der Waals surface area contributed by atoms with Crippen LogP contribution in [0.25, 0.3) is 0 Å². The zero-order valence-corrected chi connectivity index (χ0v) is 13.9. The maximum Gasteiger partial charge on any atom is 0.230 e. The second kappa shape index (κ2) is 8.06. The summed E-state index contributed by atoms with van der Waals surface area (Å²) in [6.45, 7) is 0.824. The molecule has 1 amide bonds. The summed E-state index contributed by atoms with van der Waals surface area (Å²) in [6, 6.07) is 13.8. The van der Waals surface area contributed by atoms with Crippen LogP contribution in [-0.4, -0.2) is 30.9 Å². The van der Waals surface area contributed by atoms with Gasteiger partial charge in [0.05, 0.1) is 12.3 Å². The molecule has 0 spiro atoms. The van der Waals surface area contributed by atoms with E-state index in [1.54, 1.807) is 12.1 Å². The van der Waals surface area contributed by atoms with E-state index in [9.17, 15) is 9.18 Å². The van der Waals surface area contributed by atoms with E-state index in [0.29, 0.717) is 30.4 Å². The molecule has 1 atom stereocenters. The molecule has 2 aromatic carbocycles. The Morgan fingerprint density at radius 2 is 1.92 bits per heavy atom. The van der Waals surface area contributed by atoms with Gasteiger partial charge in [0.2, 0.25) is 5.91 Å². The van der Waals surface area contributed by atoms with E-state index in [4.69, 9.17) is 9.47 Å². The Morgan fingerprint density at radius 3 is 2.71 bits per heavy atom. The molecule has 4 nitrogen and oxygen atoms in total. The van der Waals surface area contributed by atoms with Crippen molar-refractivity contribution in [3.63, 3.8) is 0 Å². The number of hydrogen-bond donors (Lipinski definition) is 1. The molecule has 1 heterocycles. The van der Waals surface area contributed by atoms with Crippen molar-refractivity contribution in [1.82, 2.24) is 5.32 Å². The predicted molar refractivity (Wildman–Crippen MR) is 91.9 cm³/mol. The summed E-state index contributed by atoms with van der Waals surface area (Å²) in [5, 5.41) is 2.85. The van der Waals surface area contributed by atoms with Crippen molar-refractivity contribution < 1.29 is 18.7 Å². The zero-order chi connectivity index (χ0) is 16.8. The topological polar surface area (TPSA) is 47.6 Å². The normalized spacial score (nSPS) is 15.8. The molecule has 6 heteroatoms. The number of nitrogens with one attached hydrogen (secondary N) is 1. The average molecular weight is 347 g/mol. The van der Waals surface area contributed by atoms with Gasteiger partial charge in [-0.1, -0.05) is 24.3 Å². The number of amides is 1. The van der Waals surface area contributed by atoms with Gasteiger partial charge < -0.3 is 14.8 Å². The molecule has 24 heavy (non-hydrogen) atoms. The summed E-state index contributed by atoms with van der Waals surface area (Å²) in [4.78, 5) is 11.9. The molecule has 0 saturated heterocycles. The zero-order valence-electron chi connectivity index (χ0n) is 13.0. The molecule has 0 radical (unpaired) electrons. The fourth-order valence-corrected chi connectivity index (χ4v) is 3.10. The van der Waals surface area contributed by atoms with Crippen molar-refractivity contribution in [2.24, 2.45) is 0 Å². The lowest BCUT2D eigenvalue weighted by Crippen LogP contribution is -2.41. The van der Waals surface area contributed by atoms with E-state index in [2.05, 4.69) is 5.32 Å². The summed E-state index contributed by atoms with van der Waals surface area (Å²) in [7, 11) is 0. The first-order chi connectivity index (χ1) is 11.7. The Morgan fingerprint density at radius 1 is 1.17 bits per heavy atom. The molecule has 1 aliphatic heterocycles. The molecule has 0 aliphatic carbocycles. The second-order valence-electron chi connectivity index (χ2n) is 5.42. The minimum atomic E-state index is -0.252. The van der Waals surface area contributed by atoms with Gasteiger partial charge in [-0.05, 0) is 29.8 Å². The molecule has 0 aromatic heterocycles. The standard InChI is InChI=1S/C18H18FNO3S/c19-14-7-5-13(6-8-14)11-24-12-18(21)20-9-15-10-22-16-3-1-2-4-17(16)23-15/h1-8,15H,9-12H2,(H,20,21)/t15-/m0/s1. The van der Waals surface area contributed by atoms with Crippen LogP contribution in [0.1, 0.15) is 5.56 Å². The largest absolute Gasteiger partial charge is 0.486 e. The summed E-state index contributed by atoms with van der Waals surface area (Å²) in [5.74, 6) is 2.15. The lowest BCUT2D eigenvalue weighted by atomic mass is 10.2. The van der Waals surface area contributed by atoms with Gasteiger partial charge in [0.15, 0.2) is 11.5 Å². The van der Waals surface area contributed by atoms with Crippen LogP contribution in [0.4, 0.5) is 4.39 Å². The molecule has 1 N–H and O–H groups in total. The SMILES string of the molecule is O=C(CSCc1ccc(F)cc1)NC[C@H]1COc2ccccc2O1. The fourth-order valence-electron chi connectivity index (χ4n) is 2.28. The Bertz CT molecular complexity index is 693. The third kappa shape index (κ3) is 4.64. The van der Waals surface area contributed by atoms with E-state index in [1.165, 1.54) is 23.9 Å². The van der Waals surface area contributed by atoms with Gasteiger partial charge >= 0.3 is 0 Å². The first-order valence-corrected chi connectivity index (χ1v) is 8.83. The number of para-hydroxylation sites is 2. The monoisotopic (exact) mass is 347 g/mol. The van der Waals surface area contributed by atoms with Crippen LogP contribution in [0.15, 0.2) is 48.5 Å². The minimum absolute atomic E-state index is 0.0513. The van der Waals surface area contributed by atoms with Crippen LogP contribution in [0.5, 0.6) is 11.5 Å². The molecule has 0 fully saturated rings. The molecule has 0 bridgehead atoms. The van der Waals surface area contributed by atoms with Crippen molar-refractivity contribution in [3.8, 4) is 11.5 Å².